The van der Waals surface area contributed by atoms with Crippen LogP contribution in [0.15, 0.2) is 54.7 Å². The fourth-order valence-corrected chi connectivity index (χ4v) is 2.49. The van der Waals surface area contributed by atoms with Crippen molar-refractivity contribution in [3.05, 3.63) is 65.9 Å². The van der Waals surface area contributed by atoms with Gasteiger partial charge in [-0.05, 0) is 42.5 Å². The normalized spacial score (nSPS) is 11.0. The van der Waals surface area contributed by atoms with Crippen LogP contribution >= 0.6 is 0 Å². The molecule has 2 heterocycles. The minimum absolute atomic E-state index is 0.0442. The van der Waals surface area contributed by atoms with E-state index in [1.807, 2.05) is 0 Å². The average Bonchev–Trinajstić information content (AvgIpc) is 2.67. The highest BCUT2D eigenvalue weighted by atomic mass is 19.4. The molecule has 0 amide bonds. The van der Waals surface area contributed by atoms with E-state index in [-0.39, 0.29) is 17.1 Å². The van der Waals surface area contributed by atoms with E-state index >= 15 is 0 Å². The fraction of sp³-hybridized carbons (Fsp3) is 0.105. The lowest BCUT2D eigenvalue weighted by molar-refractivity contribution is -0.137. The Morgan fingerprint density at radius 1 is 1.04 bits per heavy atom. The van der Waals surface area contributed by atoms with Gasteiger partial charge < -0.3 is 4.74 Å². The number of rotatable bonds is 3. The SMILES string of the molecule is COc1ccc(-c2nc(-c3ccccn3)cc(C(F)(F)F)c2C#N)cc1. The number of hydrogen-bond donors (Lipinski definition) is 0. The van der Waals surface area contributed by atoms with E-state index in [4.69, 9.17) is 4.74 Å². The summed E-state index contributed by atoms with van der Waals surface area (Å²) in [7, 11) is 1.48. The Kier molecular flexibility index (Phi) is 4.59. The minimum Gasteiger partial charge on any atom is -0.497 e. The molecule has 0 aliphatic carbocycles. The van der Waals surface area contributed by atoms with Gasteiger partial charge in [0.25, 0.3) is 0 Å². The first-order valence-corrected chi connectivity index (χ1v) is 7.52. The van der Waals surface area contributed by atoms with Crippen LogP contribution in [0.1, 0.15) is 11.1 Å². The fourth-order valence-electron chi connectivity index (χ4n) is 2.49. The first-order chi connectivity index (χ1) is 12.4. The summed E-state index contributed by atoms with van der Waals surface area (Å²) in [6.45, 7) is 0. The molecule has 0 spiro atoms. The van der Waals surface area contributed by atoms with E-state index in [0.717, 1.165) is 6.07 Å². The molecular formula is C19H12F3N3O. The van der Waals surface area contributed by atoms with Crippen molar-refractivity contribution in [3.63, 3.8) is 0 Å². The van der Waals surface area contributed by atoms with Gasteiger partial charge in [0.05, 0.1) is 35.3 Å². The molecule has 2 aromatic heterocycles. The molecule has 0 fully saturated rings. The van der Waals surface area contributed by atoms with Crippen LogP contribution in [0, 0.1) is 11.3 Å². The van der Waals surface area contributed by atoms with Crippen LogP contribution in [-0.4, -0.2) is 17.1 Å². The number of pyridine rings is 2. The molecule has 0 saturated carbocycles. The van der Waals surface area contributed by atoms with Crippen LogP contribution < -0.4 is 4.74 Å². The van der Waals surface area contributed by atoms with E-state index in [9.17, 15) is 18.4 Å². The molecule has 7 heteroatoms. The van der Waals surface area contributed by atoms with E-state index in [1.54, 1.807) is 48.5 Å². The molecular weight excluding hydrogens is 343 g/mol. The molecule has 1 aromatic carbocycles. The number of methoxy groups -OCH3 is 1. The van der Waals surface area contributed by atoms with Gasteiger partial charge in [-0.2, -0.15) is 18.4 Å². The smallest absolute Gasteiger partial charge is 0.417 e. The summed E-state index contributed by atoms with van der Waals surface area (Å²) < 4.78 is 45.6. The topological polar surface area (TPSA) is 58.8 Å². The molecule has 0 unspecified atom stereocenters. The highest BCUT2D eigenvalue weighted by Crippen LogP contribution is 2.38. The zero-order chi connectivity index (χ0) is 18.7. The number of halogens is 3. The highest BCUT2D eigenvalue weighted by Gasteiger charge is 2.36. The lowest BCUT2D eigenvalue weighted by Crippen LogP contribution is -2.11. The Morgan fingerprint density at radius 3 is 2.31 bits per heavy atom. The van der Waals surface area contributed by atoms with Crippen molar-refractivity contribution in [1.29, 1.82) is 5.26 Å². The Labute approximate surface area is 147 Å². The molecule has 3 aromatic rings. The molecule has 0 radical (unpaired) electrons. The molecule has 0 atom stereocenters. The second kappa shape index (κ2) is 6.84. The third-order valence-corrected chi connectivity index (χ3v) is 3.73. The lowest BCUT2D eigenvalue weighted by Gasteiger charge is -2.14. The average molecular weight is 355 g/mol. The van der Waals surface area contributed by atoms with E-state index in [0.29, 0.717) is 11.3 Å². The van der Waals surface area contributed by atoms with Gasteiger partial charge in [0.1, 0.15) is 11.8 Å². The molecule has 0 N–H and O–H groups in total. The number of nitrogens with zero attached hydrogens (tertiary/aromatic N) is 3. The maximum atomic E-state index is 13.5. The summed E-state index contributed by atoms with van der Waals surface area (Å²) in [6, 6.07) is 13.7. The summed E-state index contributed by atoms with van der Waals surface area (Å²) in [5.41, 5.74) is -0.903. The van der Waals surface area contributed by atoms with Crippen LogP contribution in [0.2, 0.25) is 0 Å². The largest absolute Gasteiger partial charge is 0.497 e. The van der Waals surface area contributed by atoms with Crippen LogP contribution in [0.5, 0.6) is 5.75 Å². The van der Waals surface area contributed by atoms with Crippen molar-refractivity contribution < 1.29 is 17.9 Å². The van der Waals surface area contributed by atoms with Gasteiger partial charge in [0.15, 0.2) is 0 Å². The van der Waals surface area contributed by atoms with Crippen LogP contribution in [0.4, 0.5) is 13.2 Å². The Bertz CT molecular complexity index is 962. The third-order valence-electron chi connectivity index (χ3n) is 3.73. The molecule has 0 aliphatic heterocycles. The van der Waals surface area contributed by atoms with Crippen molar-refractivity contribution in [3.8, 4) is 34.5 Å². The van der Waals surface area contributed by atoms with Crippen molar-refractivity contribution in [1.82, 2.24) is 9.97 Å². The molecule has 130 valence electrons. The zero-order valence-corrected chi connectivity index (χ0v) is 13.6. The van der Waals surface area contributed by atoms with Gasteiger partial charge in [0, 0.05) is 11.8 Å². The van der Waals surface area contributed by atoms with Gasteiger partial charge in [-0.3, -0.25) is 4.98 Å². The maximum Gasteiger partial charge on any atom is 0.417 e. The van der Waals surface area contributed by atoms with Gasteiger partial charge in [0.2, 0.25) is 0 Å². The number of nitriles is 1. The molecule has 4 nitrogen and oxygen atoms in total. The Morgan fingerprint density at radius 2 is 1.77 bits per heavy atom. The standard InChI is InChI=1S/C19H12F3N3O/c1-26-13-7-5-12(6-8-13)18-14(11-23)15(19(20,21)22)10-17(25-18)16-4-2-3-9-24-16/h2-10H,1H3. The van der Waals surface area contributed by atoms with Crippen molar-refractivity contribution in [2.75, 3.05) is 7.11 Å². The third kappa shape index (κ3) is 3.35. The van der Waals surface area contributed by atoms with Crippen LogP contribution in [0.25, 0.3) is 22.6 Å². The second-order valence-electron chi connectivity index (χ2n) is 5.33. The Hall–Kier alpha value is -3.40. The lowest BCUT2D eigenvalue weighted by atomic mass is 9.99. The number of benzene rings is 1. The summed E-state index contributed by atoms with van der Waals surface area (Å²) >= 11 is 0. The number of alkyl halides is 3. The van der Waals surface area contributed by atoms with Crippen molar-refractivity contribution in [2.45, 2.75) is 6.18 Å². The number of ether oxygens (including phenoxy) is 1. The maximum absolute atomic E-state index is 13.5. The summed E-state index contributed by atoms with van der Waals surface area (Å²) in [4.78, 5) is 8.34. The van der Waals surface area contributed by atoms with Gasteiger partial charge in [-0.15, -0.1) is 0 Å². The van der Waals surface area contributed by atoms with Crippen LogP contribution in [-0.2, 0) is 6.18 Å². The first-order valence-electron chi connectivity index (χ1n) is 7.52. The number of hydrogen-bond acceptors (Lipinski definition) is 4. The minimum atomic E-state index is -4.70. The van der Waals surface area contributed by atoms with Crippen molar-refractivity contribution in [2.24, 2.45) is 0 Å². The van der Waals surface area contributed by atoms with E-state index < -0.39 is 17.3 Å². The second-order valence-corrected chi connectivity index (χ2v) is 5.33. The van der Waals surface area contributed by atoms with Crippen LogP contribution in [0.3, 0.4) is 0 Å². The van der Waals surface area contributed by atoms with E-state index in [1.165, 1.54) is 13.3 Å². The van der Waals surface area contributed by atoms with Gasteiger partial charge >= 0.3 is 6.18 Å². The highest BCUT2D eigenvalue weighted by molar-refractivity contribution is 5.73. The number of aromatic nitrogens is 2. The van der Waals surface area contributed by atoms with Crippen molar-refractivity contribution >= 4 is 0 Å². The van der Waals surface area contributed by atoms with E-state index in [2.05, 4.69) is 9.97 Å². The van der Waals surface area contributed by atoms with Gasteiger partial charge in [-0.25, -0.2) is 4.98 Å². The summed E-state index contributed by atoms with van der Waals surface area (Å²) in [6.07, 6.45) is -3.23. The monoisotopic (exact) mass is 355 g/mol. The zero-order valence-electron chi connectivity index (χ0n) is 13.6. The summed E-state index contributed by atoms with van der Waals surface area (Å²) in [5, 5.41) is 9.36. The predicted molar refractivity (Wildman–Crippen MR) is 89.2 cm³/mol. The quantitative estimate of drug-likeness (QED) is 0.683. The molecule has 0 saturated heterocycles. The molecule has 3 rings (SSSR count). The Balaban J connectivity index is 2.29. The first kappa shape index (κ1) is 17.4. The van der Waals surface area contributed by atoms with Gasteiger partial charge in [-0.1, -0.05) is 6.07 Å². The molecule has 26 heavy (non-hydrogen) atoms. The summed E-state index contributed by atoms with van der Waals surface area (Å²) in [5.74, 6) is 0.546. The predicted octanol–water partition coefficient (Wildman–Crippen LogP) is 4.71. The molecule has 0 aliphatic rings. The molecule has 0 bridgehead atoms.